The Bertz CT molecular complexity index is 408. The zero-order valence-electron chi connectivity index (χ0n) is 9.69. The lowest BCUT2D eigenvalue weighted by atomic mass is 10.2. The van der Waals surface area contributed by atoms with E-state index >= 15 is 0 Å². The van der Waals surface area contributed by atoms with Gasteiger partial charge >= 0.3 is 5.97 Å². The molecule has 1 aromatic heterocycles. The molecule has 0 aromatic carbocycles. The average Bonchev–Trinajstić information content (AvgIpc) is 2.77. The lowest BCUT2D eigenvalue weighted by Gasteiger charge is -2.00. The van der Waals surface area contributed by atoms with E-state index in [0.717, 1.165) is 12.8 Å². The molecule has 0 atom stereocenters. The number of esters is 1. The van der Waals surface area contributed by atoms with Crippen molar-refractivity contribution in [3.63, 3.8) is 0 Å². The lowest BCUT2D eigenvalue weighted by Crippen LogP contribution is -2.10. The van der Waals surface area contributed by atoms with Crippen LogP contribution in [0.3, 0.4) is 0 Å². The zero-order valence-corrected chi connectivity index (χ0v) is 9.69. The first kappa shape index (κ1) is 13.0. The number of anilines is 1. The molecule has 1 aromatic rings. The van der Waals surface area contributed by atoms with Gasteiger partial charge in [-0.25, -0.2) is 4.79 Å². The van der Waals surface area contributed by atoms with Crippen molar-refractivity contribution in [2.45, 2.75) is 19.3 Å². The van der Waals surface area contributed by atoms with E-state index in [4.69, 9.17) is 4.42 Å². The molecule has 92 valence electrons. The molecule has 0 aliphatic heterocycles. The van der Waals surface area contributed by atoms with Crippen LogP contribution in [-0.4, -0.2) is 19.0 Å². The van der Waals surface area contributed by atoms with Gasteiger partial charge in [-0.1, -0.05) is 6.08 Å². The van der Waals surface area contributed by atoms with Gasteiger partial charge in [-0.2, -0.15) is 0 Å². The second kappa shape index (κ2) is 6.52. The van der Waals surface area contributed by atoms with Crippen LogP contribution in [0.5, 0.6) is 0 Å². The summed E-state index contributed by atoms with van der Waals surface area (Å²) in [7, 11) is 1.26. The average molecular weight is 237 g/mol. The Kier molecular flexibility index (Phi) is 5.00. The molecule has 0 spiro atoms. The largest absolute Gasteiger partial charge is 0.463 e. The Balaban J connectivity index is 2.46. The van der Waals surface area contributed by atoms with Crippen molar-refractivity contribution >= 4 is 17.8 Å². The molecule has 0 saturated heterocycles. The number of rotatable bonds is 6. The number of amides is 1. The van der Waals surface area contributed by atoms with Crippen molar-refractivity contribution in [1.29, 1.82) is 0 Å². The number of carbonyl (C=O) groups is 2. The van der Waals surface area contributed by atoms with Crippen LogP contribution in [-0.2, 0) is 9.53 Å². The first-order chi connectivity index (χ1) is 8.17. The fourth-order valence-corrected chi connectivity index (χ4v) is 1.22. The molecular weight excluding hydrogens is 222 g/mol. The summed E-state index contributed by atoms with van der Waals surface area (Å²) in [5.41, 5.74) is 0. The van der Waals surface area contributed by atoms with E-state index in [1.165, 1.54) is 19.2 Å². The molecule has 0 fully saturated rings. The predicted molar refractivity (Wildman–Crippen MR) is 62.7 cm³/mol. The lowest BCUT2D eigenvalue weighted by molar-refractivity contribution is -0.116. The summed E-state index contributed by atoms with van der Waals surface area (Å²) >= 11 is 0. The Morgan fingerprint density at radius 3 is 2.94 bits per heavy atom. The SMILES string of the molecule is C=CCCCC(=O)Nc1ccc(C(=O)OC)o1. The van der Waals surface area contributed by atoms with Gasteiger partial charge < -0.3 is 9.15 Å². The molecule has 1 amide bonds. The maximum atomic E-state index is 11.4. The number of allylic oxidation sites excluding steroid dienone is 1. The monoisotopic (exact) mass is 237 g/mol. The third kappa shape index (κ3) is 4.14. The van der Waals surface area contributed by atoms with Crippen molar-refractivity contribution in [3.8, 4) is 0 Å². The number of carbonyl (C=O) groups excluding carboxylic acids is 2. The summed E-state index contributed by atoms with van der Waals surface area (Å²) in [6.07, 6.45) is 3.68. The van der Waals surface area contributed by atoms with Crippen LogP contribution in [0.25, 0.3) is 0 Å². The van der Waals surface area contributed by atoms with Crippen LogP contribution in [0.2, 0.25) is 0 Å². The van der Waals surface area contributed by atoms with Gasteiger partial charge in [0, 0.05) is 12.5 Å². The normalized spacial score (nSPS) is 9.71. The highest BCUT2D eigenvalue weighted by Gasteiger charge is 2.12. The van der Waals surface area contributed by atoms with Gasteiger partial charge in [0.1, 0.15) is 0 Å². The van der Waals surface area contributed by atoms with E-state index in [9.17, 15) is 9.59 Å². The van der Waals surface area contributed by atoms with Gasteiger partial charge in [0.25, 0.3) is 0 Å². The van der Waals surface area contributed by atoms with E-state index < -0.39 is 5.97 Å². The van der Waals surface area contributed by atoms with E-state index in [1.54, 1.807) is 6.08 Å². The molecule has 17 heavy (non-hydrogen) atoms. The number of methoxy groups -OCH3 is 1. The molecule has 0 unspecified atom stereocenters. The third-order valence-electron chi connectivity index (χ3n) is 2.07. The number of unbranched alkanes of at least 4 members (excludes halogenated alkanes) is 1. The van der Waals surface area contributed by atoms with E-state index in [-0.39, 0.29) is 17.6 Å². The quantitative estimate of drug-likeness (QED) is 0.468. The van der Waals surface area contributed by atoms with Gasteiger partial charge in [0.2, 0.25) is 17.6 Å². The summed E-state index contributed by atoms with van der Waals surface area (Å²) in [5.74, 6) is -0.419. The molecule has 5 nitrogen and oxygen atoms in total. The molecule has 0 aliphatic carbocycles. The van der Waals surface area contributed by atoms with Crippen molar-refractivity contribution in [1.82, 2.24) is 0 Å². The summed E-state index contributed by atoms with van der Waals surface area (Å²) in [5, 5.41) is 2.55. The van der Waals surface area contributed by atoms with Gasteiger partial charge in [-0.15, -0.1) is 6.58 Å². The topological polar surface area (TPSA) is 68.5 Å². The highest BCUT2D eigenvalue weighted by atomic mass is 16.5. The van der Waals surface area contributed by atoms with Gasteiger partial charge in [0.15, 0.2) is 0 Å². The van der Waals surface area contributed by atoms with Crippen molar-refractivity contribution in [2.75, 3.05) is 12.4 Å². The predicted octanol–water partition coefficient (Wildman–Crippen LogP) is 2.36. The van der Waals surface area contributed by atoms with E-state index in [0.29, 0.717) is 6.42 Å². The number of furan rings is 1. The fraction of sp³-hybridized carbons (Fsp3) is 0.333. The minimum atomic E-state index is -0.572. The third-order valence-corrected chi connectivity index (χ3v) is 2.07. The summed E-state index contributed by atoms with van der Waals surface area (Å²) in [6, 6.07) is 2.96. The molecule has 0 radical (unpaired) electrons. The standard InChI is InChI=1S/C12H15NO4/c1-3-4-5-6-10(14)13-11-8-7-9(17-11)12(15)16-2/h3,7-8H,1,4-6H2,2H3,(H,13,14). The fourth-order valence-electron chi connectivity index (χ4n) is 1.22. The van der Waals surface area contributed by atoms with Crippen molar-refractivity contribution in [3.05, 3.63) is 30.5 Å². The highest BCUT2D eigenvalue weighted by Crippen LogP contribution is 2.14. The van der Waals surface area contributed by atoms with Gasteiger partial charge in [-0.05, 0) is 18.9 Å². The second-order valence-corrected chi connectivity index (χ2v) is 3.38. The van der Waals surface area contributed by atoms with Crippen LogP contribution in [0.15, 0.2) is 29.2 Å². The van der Waals surface area contributed by atoms with Crippen LogP contribution < -0.4 is 5.32 Å². The number of ether oxygens (including phenoxy) is 1. The van der Waals surface area contributed by atoms with Crippen LogP contribution >= 0.6 is 0 Å². The first-order valence-corrected chi connectivity index (χ1v) is 5.26. The van der Waals surface area contributed by atoms with Crippen LogP contribution in [0.4, 0.5) is 5.88 Å². The first-order valence-electron chi connectivity index (χ1n) is 5.26. The van der Waals surface area contributed by atoms with Crippen LogP contribution in [0, 0.1) is 0 Å². The maximum Gasteiger partial charge on any atom is 0.374 e. The van der Waals surface area contributed by atoms with Gasteiger partial charge in [0.05, 0.1) is 7.11 Å². The number of hydrogen-bond donors (Lipinski definition) is 1. The summed E-state index contributed by atoms with van der Waals surface area (Å²) in [6.45, 7) is 3.57. The summed E-state index contributed by atoms with van der Waals surface area (Å²) in [4.78, 5) is 22.5. The molecule has 5 heteroatoms. The number of nitrogens with one attached hydrogen (secondary N) is 1. The molecule has 0 bridgehead atoms. The molecule has 1 N–H and O–H groups in total. The van der Waals surface area contributed by atoms with E-state index in [2.05, 4.69) is 16.6 Å². The van der Waals surface area contributed by atoms with Crippen molar-refractivity contribution in [2.24, 2.45) is 0 Å². The number of hydrogen-bond acceptors (Lipinski definition) is 4. The minimum absolute atomic E-state index is 0.0638. The van der Waals surface area contributed by atoms with Gasteiger partial charge in [-0.3, -0.25) is 10.1 Å². The zero-order chi connectivity index (χ0) is 12.7. The Morgan fingerprint density at radius 2 is 2.29 bits per heavy atom. The Morgan fingerprint density at radius 1 is 1.53 bits per heavy atom. The Hall–Kier alpha value is -2.04. The molecule has 0 aliphatic rings. The van der Waals surface area contributed by atoms with Crippen molar-refractivity contribution < 1.29 is 18.7 Å². The second-order valence-electron chi connectivity index (χ2n) is 3.38. The molecule has 0 saturated carbocycles. The smallest absolute Gasteiger partial charge is 0.374 e. The molecule has 1 rings (SSSR count). The molecule has 1 heterocycles. The maximum absolute atomic E-state index is 11.4. The summed E-state index contributed by atoms with van der Waals surface area (Å²) < 4.78 is 9.56. The van der Waals surface area contributed by atoms with E-state index in [1.807, 2.05) is 0 Å². The Labute approximate surface area is 99.4 Å². The minimum Gasteiger partial charge on any atom is -0.463 e. The molecular formula is C12H15NO4. The highest BCUT2D eigenvalue weighted by molar-refractivity contribution is 5.91. The van der Waals surface area contributed by atoms with Crippen LogP contribution in [0.1, 0.15) is 29.8 Å².